The number of benzene rings is 1. The van der Waals surface area contributed by atoms with E-state index in [0.717, 1.165) is 30.4 Å². The van der Waals surface area contributed by atoms with Gasteiger partial charge in [0.2, 0.25) is 0 Å². The van der Waals surface area contributed by atoms with E-state index in [1.807, 2.05) is 31.3 Å². The average Bonchev–Trinajstić information content (AvgIpc) is 2.64. The molecule has 2 rings (SSSR count). The van der Waals surface area contributed by atoms with Crippen LogP contribution in [0, 0.1) is 6.92 Å². The van der Waals surface area contributed by atoms with Crippen molar-refractivity contribution in [2.24, 2.45) is 4.99 Å². The maximum atomic E-state index is 4.72. The lowest BCUT2D eigenvalue weighted by Crippen LogP contribution is -2.39. The van der Waals surface area contributed by atoms with Gasteiger partial charge in [0.25, 0.3) is 0 Å². The molecule has 5 nitrogen and oxygen atoms in total. The smallest absolute Gasteiger partial charge is 0.191 e. The van der Waals surface area contributed by atoms with Crippen molar-refractivity contribution in [2.75, 3.05) is 32.1 Å². The molecule has 1 aromatic carbocycles. The lowest BCUT2D eigenvalue weighted by Gasteiger charge is -2.17. The Hall–Kier alpha value is -1.83. The second-order valence-electron chi connectivity index (χ2n) is 6.81. The molecule has 0 bridgehead atoms. The molecule has 0 spiro atoms. The van der Waals surface area contributed by atoms with Gasteiger partial charge in [-0.15, -0.1) is 24.0 Å². The third kappa shape index (κ3) is 7.74. The molecule has 0 aliphatic heterocycles. The van der Waals surface area contributed by atoms with Crippen LogP contribution in [0.25, 0.3) is 0 Å². The van der Waals surface area contributed by atoms with Crippen molar-refractivity contribution in [2.45, 2.75) is 33.2 Å². The lowest BCUT2D eigenvalue weighted by molar-refractivity contribution is 0.699. The summed E-state index contributed by atoms with van der Waals surface area (Å²) < 4.78 is 0. The number of nitrogens with zero attached hydrogens (tertiary/aromatic N) is 3. The predicted molar refractivity (Wildman–Crippen MR) is 126 cm³/mol. The summed E-state index contributed by atoms with van der Waals surface area (Å²) >= 11 is 0. The third-order valence-electron chi connectivity index (χ3n) is 4.22. The number of anilines is 1. The van der Waals surface area contributed by atoms with Crippen molar-refractivity contribution >= 4 is 35.8 Å². The van der Waals surface area contributed by atoms with Crippen LogP contribution in [0.5, 0.6) is 0 Å². The summed E-state index contributed by atoms with van der Waals surface area (Å²) in [4.78, 5) is 11.1. The van der Waals surface area contributed by atoms with Gasteiger partial charge in [-0.3, -0.25) is 0 Å². The number of nitrogens with one attached hydrogen (secondary N) is 2. The summed E-state index contributed by atoms with van der Waals surface area (Å²) in [5, 5.41) is 6.78. The van der Waals surface area contributed by atoms with E-state index in [4.69, 9.17) is 4.99 Å². The number of halogens is 1. The second-order valence-corrected chi connectivity index (χ2v) is 6.81. The molecular formula is C21H32IN5. The minimum atomic E-state index is 0. The zero-order chi connectivity index (χ0) is 18.9. The first-order valence-corrected chi connectivity index (χ1v) is 9.20. The minimum absolute atomic E-state index is 0. The highest BCUT2D eigenvalue weighted by atomic mass is 127. The molecule has 0 amide bonds. The zero-order valence-electron chi connectivity index (χ0n) is 17.0. The van der Waals surface area contributed by atoms with Crippen LogP contribution < -0.4 is 15.5 Å². The summed E-state index contributed by atoms with van der Waals surface area (Å²) in [6.07, 6.45) is 1.83. The fourth-order valence-electron chi connectivity index (χ4n) is 2.66. The van der Waals surface area contributed by atoms with Gasteiger partial charge in [0, 0.05) is 33.4 Å². The van der Waals surface area contributed by atoms with Crippen LogP contribution >= 0.6 is 24.0 Å². The first kappa shape index (κ1) is 23.2. The third-order valence-corrected chi connectivity index (χ3v) is 4.22. The molecule has 0 fully saturated rings. The van der Waals surface area contributed by atoms with E-state index >= 15 is 0 Å². The van der Waals surface area contributed by atoms with Crippen LogP contribution in [0.1, 0.15) is 36.5 Å². The van der Waals surface area contributed by atoms with Crippen LogP contribution in [0.3, 0.4) is 0 Å². The number of aromatic nitrogens is 1. The maximum absolute atomic E-state index is 4.72. The Kier molecular flexibility index (Phi) is 10.1. The van der Waals surface area contributed by atoms with Gasteiger partial charge in [-0.1, -0.05) is 36.8 Å². The van der Waals surface area contributed by atoms with Crippen LogP contribution in [0.4, 0.5) is 5.82 Å². The molecule has 0 aliphatic carbocycles. The fraction of sp³-hybridized carbons (Fsp3) is 0.429. The molecule has 1 atom stereocenters. The lowest BCUT2D eigenvalue weighted by atomic mass is 9.99. The van der Waals surface area contributed by atoms with Gasteiger partial charge in [0.15, 0.2) is 5.96 Å². The molecule has 1 unspecified atom stereocenters. The maximum Gasteiger partial charge on any atom is 0.191 e. The fourth-order valence-corrected chi connectivity index (χ4v) is 2.66. The van der Waals surface area contributed by atoms with Crippen molar-refractivity contribution in [3.8, 4) is 0 Å². The van der Waals surface area contributed by atoms with E-state index < -0.39 is 0 Å². The first-order chi connectivity index (χ1) is 12.5. The molecule has 0 saturated heterocycles. The molecule has 148 valence electrons. The van der Waals surface area contributed by atoms with Gasteiger partial charge in [-0.2, -0.15) is 0 Å². The quantitative estimate of drug-likeness (QED) is 0.358. The van der Waals surface area contributed by atoms with Crippen LogP contribution in [-0.2, 0) is 6.54 Å². The monoisotopic (exact) mass is 481 g/mol. The molecule has 0 aliphatic rings. The number of rotatable bonds is 7. The number of pyridine rings is 1. The van der Waals surface area contributed by atoms with E-state index in [1.165, 1.54) is 11.1 Å². The summed E-state index contributed by atoms with van der Waals surface area (Å²) in [7, 11) is 3.99. The van der Waals surface area contributed by atoms with E-state index in [-0.39, 0.29) is 24.0 Å². The number of aryl methyl sites for hydroxylation is 1. The average molecular weight is 481 g/mol. The van der Waals surface area contributed by atoms with Crippen LogP contribution in [-0.4, -0.2) is 38.1 Å². The van der Waals surface area contributed by atoms with Crippen molar-refractivity contribution < 1.29 is 0 Å². The topological polar surface area (TPSA) is 52.6 Å². The summed E-state index contributed by atoms with van der Waals surface area (Å²) in [5.74, 6) is 2.21. The Morgan fingerprint density at radius 1 is 1.19 bits per heavy atom. The standard InChI is InChI=1S/C21H31N5.HI/c1-6-22-21(24-14-17(3)19-9-7-8-16(2)12-19)25-15-18-10-11-23-20(13-18)26(4)5;/h7-13,17H,6,14-15H2,1-5H3,(H2,22,24,25);1H. The number of aliphatic imine (C=N–C) groups is 1. The summed E-state index contributed by atoms with van der Waals surface area (Å²) in [6.45, 7) is 8.75. The molecule has 1 aromatic heterocycles. The number of hydrogen-bond donors (Lipinski definition) is 2. The van der Waals surface area contributed by atoms with E-state index in [2.05, 4.69) is 66.7 Å². The molecule has 2 N–H and O–H groups in total. The molecule has 0 radical (unpaired) electrons. The van der Waals surface area contributed by atoms with Crippen molar-refractivity contribution in [1.29, 1.82) is 0 Å². The van der Waals surface area contributed by atoms with Gasteiger partial charge in [-0.25, -0.2) is 9.98 Å². The predicted octanol–water partition coefficient (Wildman–Crippen LogP) is 3.93. The van der Waals surface area contributed by atoms with Gasteiger partial charge in [0.05, 0.1) is 6.54 Å². The van der Waals surface area contributed by atoms with Crippen molar-refractivity contribution in [3.63, 3.8) is 0 Å². The first-order valence-electron chi connectivity index (χ1n) is 9.20. The zero-order valence-corrected chi connectivity index (χ0v) is 19.3. The molecule has 2 aromatic rings. The molecule has 6 heteroatoms. The highest BCUT2D eigenvalue weighted by Gasteiger charge is 2.07. The van der Waals surface area contributed by atoms with Gasteiger partial charge < -0.3 is 15.5 Å². The second kappa shape index (κ2) is 11.8. The summed E-state index contributed by atoms with van der Waals surface area (Å²) in [5.41, 5.74) is 3.79. The highest BCUT2D eigenvalue weighted by molar-refractivity contribution is 14.0. The van der Waals surface area contributed by atoms with E-state index in [1.54, 1.807) is 0 Å². The number of hydrogen-bond acceptors (Lipinski definition) is 3. The Bertz CT molecular complexity index is 730. The minimum Gasteiger partial charge on any atom is -0.363 e. The van der Waals surface area contributed by atoms with Gasteiger partial charge in [-0.05, 0) is 43.0 Å². The largest absolute Gasteiger partial charge is 0.363 e. The van der Waals surface area contributed by atoms with Crippen molar-refractivity contribution in [1.82, 2.24) is 15.6 Å². The van der Waals surface area contributed by atoms with E-state index in [9.17, 15) is 0 Å². The Morgan fingerprint density at radius 2 is 1.96 bits per heavy atom. The summed E-state index contributed by atoms with van der Waals surface area (Å²) in [6, 6.07) is 12.8. The van der Waals surface area contributed by atoms with Crippen molar-refractivity contribution in [3.05, 3.63) is 59.3 Å². The SMILES string of the molecule is CCNC(=NCc1ccnc(N(C)C)c1)NCC(C)c1cccc(C)c1.I. The normalized spacial score (nSPS) is 12.1. The Morgan fingerprint density at radius 3 is 2.63 bits per heavy atom. The van der Waals surface area contributed by atoms with Gasteiger partial charge >= 0.3 is 0 Å². The van der Waals surface area contributed by atoms with E-state index in [0.29, 0.717) is 12.5 Å². The Balaban J connectivity index is 0.00000364. The van der Waals surface area contributed by atoms with Gasteiger partial charge in [0.1, 0.15) is 5.82 Å². The van der Waals surface area contributed by atoms with Crippen LogP contribution in [0.2, 0.25) is 0 Å². The number of guanidine groups is 1. The highest BCUT2D eigenvalue weighted by Crippen LogP contribution is 2.15. The molecular weight excluding hydrogens is 449 g/mol. The molecule has 27 heavy (non-hydrogen) atoms. The Labute approximate surface area is 180 Å². The van der Waals surface area contributed by atoms with Crippen LogP contribution in [0.15, 0.2) is 47.6 Å². The molecule has 0 saturated carbocycles. The molecule has 1 heterocycles.